The van der Waals surface area contributed by atoms with Gasteiger partial charge in [0.25, 0.3) is 10.0 Å². The number of aryl methyl sites for hydroxylation is 3. The number of nitrogens with zero attached hydrogens (tertiary/aromatic N) is 2. The quantitative estimate of drug-likeness (QED) is 0.530. The second-order valence-electron chi connectivity index (χ2n) is 7.19. The molecule has 0 fully saturated rings. The normalized spacial score (nSPS) is 11.2. The van der Waals surface area contributed by atoms with Gasteiger partial charge in [0.05, 0.1) is 10.6 Å². The van der Waals surface area contributed by atoms with E-state index in [0.717, 1.165) is 5.75 Å². The number of hydrogen-bond donors (Lipinski definition) is 2. The van der Waals surface area contributed by atoms with E-state index in [9.17, 15) is 13.2 Å². The Morgan fingerprint density at radius 1 is 1.00 bits per heavy atom. The van der Waals surface area contributed by atoms with Gasteiger partial charge in [-0.2, -0.15) is 0 Å². The highest BCUT2D eigenvalue weighted by Gasteiger charge is 2.16. The molecule has 0 spiro atoms. The molecule has 0 atom stereocenters. The molecule has 0 aliphatic carbocycles. The van der Waals surface area contributed by atoms with Crippen molar-refractivity contribution in [2.24, 2.45) is 0 Å². The van der Waals surface area contributed by atoms with Crippen molar-refractivity contribution < 1.29 is 13.2 Å². The van der Waals surface area contributed by atoms with Crippen LogP contribution in [0, 0.1) is 20.8 Å². The van der Waals surface area contributed by atoms with E-state index < -0.39 is 10.0 Å². The van der Waals surface area contributed by atoms with Gasteiger partial charge in [-0.25, -0.2) is 23.1 Å². The van der Waals surface area contributed by atoms with Crippen LogP contribution in [0.5, 0.6) is 0 Å². The minimum absolute atomic E-state index is 0.0122. The molecular weight excluding hydrogens is 432 g/mol. The maximum absolute atomic E-state index is 12.5. The number of rotatable bonds is 8. The first kappa shape index (κ1) is 22.8. The first-order valence-corrected chi connectivity index (χ1v) is 12.2. The van der Waals surface area contributed by atoms with Gasteiger partial charge in [-0.15, -0.1) is 11.8 Å². The van der Waals surface area contributed by atoms with Crippen LogP contribution in [0.1, 0.15) is 22.4 Å². The number of benzene rings is 2. The van der Waals surface area contributed by atoms with Crippen molar-refractivity contribution in [3.05, 3.63) is 77.1 Å². The third kappa shape index (κ3) is 6.80. The Labute approximate surface area is 186 Å². The van der Waals surface area contributed by atoms with E-state index in [2.05, 4.69) is 52.1 Å². The number of carbonyl (C=O) groups is 1. The zero-order valence-electron chi connectivity index (χ0n) is 17.5. The molecule has 3 rings (SSSR count). The van der Waals surface area contributed by atoms with Crippen LogP contribution >= 0.6 is 11.8 Å². The van der Waals surface area contributed by atoms with Crippen molar-refractivity contribution >= 4 is 39.3 Å². The van der Waals surface area contributed by atoms with E-state index in [1.165, 1.54) is 46.8 Å². The molecule has 1 heterocycles. The summed E-state index contributed by atoms with van der Waals surface area (Å²) in [6.45, 7) is 5.86. The summed E-state index contributed by atoms with van der Waals surface area (Å²) in [7, 11) is -3.82. The van der Waals surface area contributed by atoms with Crippen LogP contribution < -0.4 is 10.0 Å². The average Bonchev–Trinajstić information content (AvgIpc) is 2.67. The molecule has 7 nitrogen and oxygen atoms in total. The van der Waals surface area contributed by atoms with E-state index in [1.807, 2.05) is 0 Å². The van der Waals surface area contributed by atoms with E-state index in [1.54, 1.807) is 25.1 Å². The number of amides is 1. The molecule has 162 valence electrons. The van der Waals surface area contributed by atoms with Crippen LogP contribution in [0.4, 0.5) is 11.6 Å². The fourth-order valence-electron chi connectivity index (χ4n) is 3.01. The first-order chi connectivity index (χ1) is 14.7. The van der Waals surface area contributed by atoms with Gasteiger partial charge in [-0.3, -0.25) is 4.79 Å². The second kappa shape index (κ2) is 9.93. The maximum Gasteiger partial charge on any atom is 0.264 e. The van der Waals surface area contributed by atoms with Crippen molar-refractivity contribution in [2.45, 2.75) is 31.4 Å². The van der Waals surface area contributed by atoms with Crippen LogP contribution in [-0.4, -0.2) is 30.0 Å². The molecule has 9 heteroatoms. The molecule has 0 aliphatic heterocycles. The van der Waals surface area contributed by atoms with E-state index in [0.29, 0.717) is 17.1 Å². The molecule has 31 heavy (non-hydrogen) atoms. The second-order valence-corrected chi connectivity index (χ2v) is 9.86. The monoisotopic (exact) mass is 456 g/mol. The van der Waals surface area contributed by atoms with Crippen molar-refractivity contribution in [1.29, 1.82) is 0 Å². The topological polar surface area (TPSA) is 101 Å². The van der Waals surface area contributed by atoms with Crippen LogP contribution in [0.3, 0.4) is 0 Å². The standard InChI is InChI=1S/C22H24N4O3S2/c1-15-10-16(2)12-18(11-15)13-30-14-21(27)25-19-4-6-20(7-5-19)31(28,29)26-22-23-9-8-17(3)24-22/h4-12H,13-14H2,1-3H3,(H,25,27)(H,23,24,26). The van der Waals surface area contributed by atoms with E-state index in [-0.39, 0.29) is 16.8 Å². The average molecular weight is 457 g/mol. The number of aromatic nitrogens is 2. The molecule has 2 N–H and O–H groups in total. The minimum atomic E-state index is -3.82. The summed E-state index contributed by atoms with van der Waals surface area (Å²) in [5.74, 6) is 0.925. The highest BCUT2D eigenvalue weighted by molar-refractivity contribution is 7.99. The van der Waals surface area contributed by atoms with Crippen molar-refractivity contribution in [1.82, 2.24) is 9.97 Å². The van der Waals surface area contributed by atoms with Crippen molar-refractivity contribution in [3.63, 3.8) is 0 Å². The maximum atomic E-state index is 12.5. The molecule has 0 bridgehead atoms. The van der Waals surface area contributed by atoms with Gasteiger partial charge < -0.3 is 5.32 Å². The molecule has 3 aromatic rings. The smallest absolute Gasteiger partial charge is 0.264 e. The summed E-state index contributed by atoms with van der Waals surface area (Å²) in [5.41, 5.74) is 4.79. The molecule has 0 saturated heterocycles. The zero-order valence-corrected chi connectivity index (χ0v) is 19.2. The number of anilines is 2. The SMILES string of the molecule is Cc1cc(C)cc(CSCC(=O)Nc2ccc(S(=O)(=O)Nc3nccc(C)n3)cc2)c1. The summed E-state index contributed by atoms with van der Waals surface area (Å²) in [6.07, 6.45) is 1.48. The summed E-state index contributed by atoms with van der Waals surface area (Å²) in [6, 6.07) is 14.0. The van der Waals surface area contributed by atoms with Gasteiger partial charge >= 0.3 is 0 Å². The fourth-order valence-corrected chi connectivity index (χ4v) is 4.72. The molecule has 1 amide bonds. The summed E-state index contributed by atoms with van der Waals surface area (Å²) >= 11 is 1.53. The molecular formula is C22H24N4O3S2. The largest absolute Gasteiger partial charge is 0.325 e. The lowest BCUT2D eigenvalue weighted by molar-refractivity contribution is -0.113. The Hall–Kier alpha value is -2.91. The predicted octanol–water partition coefficient (Wildman–Crippen LogP) is 4.07. The number of sulfonamides is 1. The van der Waals surface area contributed by atoms with Crippen molar-refractivity contribution in [3.8, 4) is 0 Å². The van der Waals surface area contributed by atoms with Gasteiger partial charge in [-0.1, -0.05) is 29.3 Å². The van der Waals surface area contributed by atoms with Crippen molar-refractivity contribution in [2.75, 3.05) is 15.8 Å². The zero-order chi connectivity index (χ0) is 22.4. The Kier molecular flexibility index (Phi) is 7.29. The van der Waals surface area contributed by atoms with Crippen LogP contribution in [0.15, 0.2) is 59.6 Å². The summed E-state index contributed by atoms with van der Waals surface area (Å²) < 4.78 is 27.3. The number of thioether (sulfide) groups is 1. The van der Waals surface area contributed by atoms with Crippen LogP contribution in [-0.2, 0) is 20.6 Å². The molecule has 0 unspecified atom stereocenters. The molecule has 2 aromatic carbocycles. The predicted molar refractivity (Wildman–Crippen MR) is 125 cm³/mol. The third-order valence-corrected chi connectivity index (χ3v) is 6.60. The summed E-state index contributed by atoms with van der Waals surface area (Å²) in [5, 5.41) is 2.79. The van der Waals surface area contributed by atoms with Crippen LogP contribution in [0.25, 0.3) is 0 Å². The van der Waals surface area contributed by atoms with E-state index >= 15 is 0 Å². The molecule has 1 aromatic heterocycles. The molecule has 0 radical (unpaired) electrons. The van der Waals surface area contributed by atoms with Gasteiger partial charge in [0, 0.05) is 23.3 Å². The Balaban J connectivity index is 1.54. The molecule has 0 aliphatic rings. The number of carbonyl (C=O) groups excluding carboxylic acids is 1. The van der Waals surface area contributed by atoms with E-state index in [4.69, 9.17) is 0 Å². The first-order valence-electron chi connectivity index (χ1n) is 9.58. The third-order valence-electron chi connectivity index (χ3n) is 4.25. The van der Waals surface area contributed by atoms with Gasteiger partial charge in [-0.05, 0) is 56.7 Å². The van der Waals surface area contributed by atoms with Crippen LogP contribution in [0.2, 0.25) is 0 Å². The molecule has 0 saturated carbocycles. The summed E-state index contributed by atoms with van der Waals surface area (Å²) in [4.78, 5) is 20.2. The Bertz CT molecular complexity index is 1160. The lowest BCUT2D eigenvalue weighted by atomic mass is 10.1. The fraction of sp³-hybridized carbons (Fsp3) is 0.227. The lowest BCUT2D eigenvalue weighted by Gasteiger charge is -2.09. The Morgan fingerprint density at radius 3 is 2.32 bits per heavy atom. The van der Waals surface area contributed by atoms with Gasteiger partial charge in [0.2, 0.25) is 11.9 Å². The lowest BCUT2D eigenvalue weighted by Crippen LogP contribution is -2.16. The highest BCUT2D eigenvalue weighted by Crippen LogP contribution is 2.18. The Morgan fingerprint density at radius 2 is 1.68 bits per heavy atom. The number of nitrogens with one attached hydrogen (secondary N) is 2. The minimum Gasteiger partial charge on any atom is -0.325 e. The van der Waals surface area contributed by atoms with Gasteiger partial charge in [0.1, 0.15) is 0 Å². The highest BCUT2D eigenvalue weighted by atomic mass is 32.2. The number of hydrogen-bond acceptors (Lipinski definition) is 6. The van der Waals surface area contributed by atoms with Gasteiger partial charge in [0.15, 0.2) is 0 Å².